The number of carbonyl (C=O) groups excluding carboxylic acids is 1. The van der Waals surface area contributed by atoms with E-state index in [1.807, 2.05) is 30.3 Å². The van der Waals surface area contributed by atoms with Crippen molar-refractivity contribution in [1.29, 1.82) is 0 Å². The molecule has 0 aromatic heterocycles. The van der Waals surface area contributed by atoms with Gasteiger partial charge in [0.25, 0.3) is 0 Å². The number of aliphatic carboxylic acids is 1. The highest BCUT2D eigenvalue weighted by Crippen LogP contribution is 2.11. The van der Waals surface area contributed by atoms with E-state index in [-0.39, 0.29) is 5.91 Å². The molecule has 4 nitrogen and oxygen atoms in total. The molecule has 0 radical (unpaired) electrons. The van der Waals surface area contributed by atoms with Crippen LogP contribution in [0.2, 0.25) is 0 Å². The van der Waals surface area contributed by atoms with Crippen molar-refractivity contribution in [2.45, 2.75) is 116 Å². The van der Waals surface area contributed by atoms with Crippen LogP contribution in [0.1, 0.15) is 109 Å². The monoisotopic (exact) mass is 443 g/mol. The molecule has 1 aromatic carbocycles. The van der Waals surface area contributed by atoms with Gasteiger partial charge in [-0.2, -0.15) is 0 Å². The number of rotatable bonds is 20. The van der Waals surface area contributed by atoms with Crippen LogP contribution in [0, 0.1) is 0 Å². The van der Waals surface area contributed by atoms with E-state index >= 15 is 0 Å². The average molecular weight is 444 g/mol. The molecule has 1 amide bonds. The highest BCUT2D eigenvalue weighted by Gasteiger charge is 2.19. The second-order valence-electron chi connectivity index (χ2n) is 8.82. The first-order valence-electron chi connectivity index (χ1n) is 12.8. The lowest BCUT2D eigenvalue weighted by Gasteiger charge is -2.14. The fraction of sp³-hybridized carbons (Fsp3) is 0.643. The van der Waals surface area contributed by atoms with E-state index in [0.29, 0.717) is 19.3 Å². The summed E-state index contributed by atoms with van der Waals surface area (Å²) in [6, 6.07) is 8.96. The van der Waals surface area contributed by atoms with Gasteiger partial charge in [0.15, 0.2) is 0 Å². The maximum absolute atomic E-state index is 12.1. The second-order valence-corrected chi connectivity index (χ2v) is 8.82. The van der Waals surface area contributed by atoms with Crippen molar-refractivity contribution in [2.24, 2.45) is 0 Å². The summed E-state index contributed by atoms with van der Waals surface area (Å²) in [5.74, 6) is -1.11. The number of amides is 1. The second kappa shape index (κ2) is 19.6. The fourth-order valence-electron chi connectivity index (χ4n) is 3.84. The lowest BCUT2D eigenvalue weighted by Crippen LogP contribution is -2.41. The number of carbonyl (C=O) groups is 2. The SMILES string of the molecule is CCCCCCCC/C=C\CCCCCCCC(=O)NC(CCc1ccccc1)C(=O)O. The van der Waals surface area contributed by atoms with Crippen LogP contribution in [-0.4, -0.2) is 23.0 Å². The van der Waals surface area contributed by atoms with E-state index in [0.717, 1.165) is 31.2 Å². The summed E-state index contributed by atoms with van der Waals surface area (Å²) < 4.78 is 0. The van der Waals surface area contributed by atoms with Crippen LogP contribution in [0.25, 0.3) is 0 Å². The van der Waals surface area contributed by atoms with Crippen molar-refractivity contribution >= 4 is 11.9 Å². The average Bonchev–Trinajstić information content (AvgIpc) is 2.79. The first-order chi connectivity index (χ1) is 15.6. The van der Waals surface area contributed by atoms with Gasteiger partial charge < -0.3 is 10.4 Å². The third-order valence-electron chi connectivity index (χ3n) is 5.86. The predicted octanol–water partition coefficient (Wildman–Crippen LogP) is 7.23. The van der Waals surface area contributed by atoms with Crippen LogP contribution in [0.15, 0.2) is 42.5 Å². The molecule has 0 aliphatic heterocycles. The number of benzene rings is 1. The molecule has 0 saturated carbocycles. The highest BCUT2D eigenvalue weighted by molar-refractivity contribution is 5.83. The Balaban J connectivity index is 1.99. The Hall–Kier alpha value is -2.10. The number of nitrogens with one attached hydrogen (secondary N) is 1. The molecule has 1 unspecified atom stereocenters. The Morgan fingerprint density at radius 3 is 2.00 bits per heavy atom. The number of hydrogen-bond donors (Lipinski definition) is 2. The lowest BCUT2D eigenvalue weighted by molar-refractivity contribution is -0.142. The van der Waals surface area contributed by atoms with Crippen LogP contribution in [0.4, 0.5) is 0 Å². The zero-order chi connectivity index (χ0) is 23.3. The van der Waals surface area contributed by atoms with Gasteiger partial charge in [-0.05, 0) is 50.5 Å². The molecule has 0 heterocycles. The maximum Gasteiger partial charge on any atom is 0.326 e. The van der Waals surface area contributed by atoms with Crippen molar-refractivity contribution in [3.63, 3.8) is 0 Å². The van der Waals surface area contributed by atoms with Gasteiger partial charge in [-0.15, -0.1) is 0 Å². The van der Waals surface area contributed by atoms with Crippen LogP contribution >= 0.6 is 0 Å². The van der Waals surface area contributed by atoms with E-state index in [2.05, 4.69) is 24.4 Å². The highest BCUT2D eigenvalue weighted by atomic mass is 16.4. The summed E-state index contributed by atoms with van der Waals surface area (Å²) in [5, 5.41) is 12.1. The van der Waals surface area contributed by atoms with Gasteiger partial charge in [-0.3, -0.25) is 4.79 Å². The minimum atomic E-state index is -0.959. The van der Waals surface area contributed by atoms with Crippen molar-refractivity contribution in [3.8, 4) is 0 Å². The van der Waals surface area contributed by atoms with Crippen LogP contribution in [0.5, 0.6) is 0 Å². The van der Waals surface area contributed by atoms with E-state index in [9.17, 15) is 14.7 Å². The molecule has 1 rings (SSSR count). The van der Waals surface area contributed by atoms with E-state index in [4.69, 9.17) is 0 Å². The number of allylic oxidation sites excluding steroid dienone is 2. The molecule has 0 fully saturated rings. The molecule has 0 bridgehead atoms. The Morgan fingerprint density at radius 2 is 1.41 bits per heavy atom. The van der Waals surface area contributed by atoms with Gasteiger partial charge >= 0.3 is 5.97 Å². The minimum Gasteiger partial charge on any atom is -0.480 e. The molecule has 2 N–H and O–H groups in total. The molecule has 4 heteroatoms. The third kappa shape index (κ3) is 15.7. The third-order valence-corrected chi connectivity index (χ3v) is 5.86. The first-order valence-corrected chi connectivity index (χ1v) is 12.8. The van der Waals surface area contributed by atoms with E-state index < -0.39 is 12.0 Å². The Morgan fingerprint density at radius 1 is 0.844 bits per heavy atom. The summed E-state index contributed by atoms with van der Waals surface area (Å²) in [6.07, 6.45) is 22.0. The molecule has 0 aliphatic carbocycles. The largest absolute Gasteiger partial charge is 0.480 e. The fourth-order valence-corrected chi connectivity index (χ4v) is 3.84. The Kier molecular flexibility index (Phi) is 17.1. The van der Waals surface area contributed by atoms with Gasteiger partial charge in [0, 0.05) is 6.42 Å². The molecule has 0 aliphatic rings. The number of carboxylic acids is 1. The molecule has 0 spiro atoms. The summed E-state index contributed by atoms with van der Waals surface area (Å²) in [7, 11) is 0. The molecule has 32 heavy (non-hydrogen) atoms. The number of aryl methyl sites for hydroxylation is 1. The molecule has 180 valence electrons. The van der Waals surface area contributed by atoms with Gasteiger partial charge in [0.2, 0.25) is 5.91 Å². The predicted molar refractivity (Wildman–Crippen MR) is 134 cm³/mol. The number of unbranched alkanes of at least 4 members (excludes halogenated alkanes) is 11. The van der Waals surface area contributed by atoms with Crippen LogP contribution in [-0.2, 0) is 16.0 Å². The summed E-state index contributed by atoms with van der Waals surface area (Å²) in [6.45, 7) is 2.26. The molecular weight excluding hydrogens is 398 g/mol. The van der Waals surface area contributed by atoms with Crippen LogP contribution in [0.3, 0.4) is 0 Å². The van der Waals surface area contributed by atoms with E-state index in [1.54, 1.807) is 0 Å². The first kappa shape index (κ1) is 27.9. The van der Waals surface area contributed by atoms with Gasteiger partial charge in [0.05, 0.1) is 0 Å². The van der Waals surface area contributed by atoms with Crippen molar-refractivity contribution in [2.75, 3.05) is 0 Å². The van der Waals surface area contributed by atoms with Crippen molar-refractivity contribution < 1.29 is 14.7 Å². The topological polar surface area (TPSA) is 66.4 Å². The van der Waals surface area contributed by atoms with E-state index in [1.165, 1.54) is 57.8 Å². The van der Waals surface area contributed by atoms with Crippen molar-refractivity contribution in [3.05, 3.63) is 48.0 Å². The van der Waals surface area contributed by atoms with Gasteiger partial charge in [0.1, 0.15) is 6.04 Å². The molecule has 0 saturated heterocycles. The quantitative estimate of drug-likeness (QED) is 0.165. The van der Waals surface area contributed by atoms with Crippen molar-refractivity contribution in [1.82, 2.24) is 5.32 Å². The maximum atomic E-state index is 12.1. The number of hydrogen-bond acceptors (Lipinski definition) is 2. The number of carboxylic acid groups (broad SMARTS) is 1. The zero-order valence-corrected chi connectivity index (χ0v) is 20.2. The standard InChI is InChI=1S/C28H45NO3/c1-2-3-4-5-6-7-8-9-10-11-12-13-14-15-19-22-27(30)29-26(28(31)32)24-23-25-20-17-16-18-21-25/h9-10,16-18,20-21,26H,2-8,11-15,19,22-24H2,1H3,(H,29,30)(H,31,32)/b10-9-. The summed E-state index contributed by atoms with van der Waals surface area (Å²) in [4.78, 5) is 23.6. The van der Waals surface area contributed by atoms with Gasteiger partial charge in [-0.1, -0.05) is 101 Å². The summed E-state index contributed by atoms with van der Waals surface area (Å²) >= 11 is 0. The zero-order valence-electron chi connectivity index (χ0n) is 20.2. The Bertz CT molecular complexity index is 627. The molecule has 1 atom stereocenters. The minimum absolute atomic E-state index is 0.150. The Labute approximate surface area is 195 Å². The normalized spacial score (nSPS) is 12.2. The lowest BCUT2D eigenvalue weighted by atomic mass is 10.0. The molecular formula is C28H45NO3. The molecule has 1 aromatic rings. The van der Waals surface area contributed by atoms with Crippen LogP contribution < -0.4 is 5.32 Å². The smallest absolute Gasteiger partial charge is 0.326 e. The van der Waals surface area contributed by atoms with Gasteiger partial charge in [-0.25, -0.2) is 4.79 Å². The summed E-state index contributed by atoms with van der Waals surface area (Å²) in [5.41, 5.74) is 1.09.